The minimum atomic E-state index is -2.25. The first-order valence-corrected chi connectivity index (χ1v) is 36.2. The van der Waals surface area contributed by atoms with E-state index in [1.165, 1.54) is 13.8 Å². The molecule has 4 rings (SSSR count). The van der Waals surface area contributed by atoms with Gasteiger partial charge in [-0.2, -0.15) is 0 Å². The third kappa shape index (κ3) is 28.0. The average molecular weight is 1600 g/mol. The lowest BCUT2D eigenvalue weighted by Crippen LogP contribution is -2.72. The van der Waals surface area contributed by atoms with Crippen LogP contribution in [0.1, 0.15) is 120 Å². The number of carbonyl (C=O) groups is 14. The van der Waals surface area contributed by atoms with Crippen LogP contribution in [-0.4, -0.2) is 334 Å². The Bertz CT molecular complexity index is 3160. The third-order valence-electron chi connectivity index (χ3n) is 18.4. The molecule has 28 atom stereocenters. The summed E-state index contributed by atoms with van der Waals surface area (Å²) in [5, 5.41) is 109. The van der Waals surface area contributed by atoms with Gasteiger partial charge in [0, 0.05) is 40.5 Å². The van der Waals surface area contributed by atoms with Crippen LogP contribution in [0.5, 0.6) is 0 Å². The van der Waals surface area contributed by atoms with E-state index in [4.69, 9.17) is 77.0 Å². The van der Waals surface area contributed by atoms with Crippen molar-refractivity contribution in [2.45, 2.75) is 291 Å². The van der Waals surface area contributed by atoms with Crippen LogP contribution in [0.15, 0.2) is 0 Å². The number of hydrogen-bond donors (Lipinski definition) is 22. The van der Waals surface area contributed by atoms with E-state index in [1.54, 1.807) is 0 Å². The highest BCUT2D eigenvalue weighted by Gasteiger charge is 2.58. The van der Waals surface area contributed by atoms with Gasteiger partial charge in [-0.15, -0.1) is 0 Å². The van der Waals surface area contributed by atoms with Crippen LogP contribution in [0.2, 0.25) is 0 Å². The molecule has 45 nitrogen and oxygen atoms in total. The molecule has 28 N–H and O–H groups in total. The molecule has 111 heavy (non-hydrogen) atoms. The van der Waals surface area contributed by atoms with Gasteiger partial charge in [0.25, 0.3) is 0 Å². The van der Waals surface area contributed by atoms with Crippen LogP contribution in [-0.2, 0) is 110 Å². The fraction of sp³-hybridized carbons (Fsp3) is 0.788. The number of aliphatic hydroxyl groups excluding tert-OH is 8. The molecule has 10 amide bonds. The number of nitrogens with one attached hydrogen (secondary N) is 8. The number of ketones is 4. The smallest absolute Gasteiger partial charge is 0.240 e. The zero-order chi connectivity index (χ0) is 83.6. The summed E-state index contributed by atoms with van der Waals surface area (Å²) < 4.78 is 55.9. The molecule has 0 radical (unpaired) electrons. The maximum atomic E-state index is 14.7. The molecule has 0 aliphatic carbocycles. The quantitative estimate of drug-likeness (QED) is 0.0199. The van der Waals surface area contributed by atoms with Gasteiger partial charge in [0.15, 0.2) is 25.2 Å². The number of rotatable bonds is 46. The highest BCUT2D eigenvalue weighted by Crippen LogP contribution is 2.37. The van der Waals surface area contributed by atoms with Crippen molar-refractivity contribution in [1.29, 1.82) is 0 Å². The summed E-state index contributed by atoms with van der Waals surface area (Å²) in [5.41, 5.74) is 33.6. The first-order valence-electron chi connectivity index (χ1n) is 36.2. The Morgan fingerprint density at radius 1 is 0.387 bits per heavy atom. The van der Waals surface area contributed by atoms with Crippen molar-refractivity contribution in [2.24, 2.45) is 34.4 Å². The van der Waals surface area contributed by atoms with Crippen molar-refractivity contribution in [2.75, 3.05) is 39.5 Å². The molecule has 0 aromatic rings. The third-order valence-corrected chi connectivity index (χ3v) is 18.4. The summed E-state index contributed by atoms with van der Waals surface area (Å²) in [6, 6.07) is -15.6. The molecule has 3 unspecified atom stereocenters. The van der Waals surface area contributed by atoms with Gasteiger partial charge in [-0.1, -0.05) is 0 Å². The van der Waals surface area contributed by atoms with E-state index in [9.17, 15) is 108 Å². The predicted molar refractivity (Wildman–Crippen MR) is 375 cm³/mol. The Morgan fingerprint density at radius 2 is 0.721 bits per heavy atom. The first kappa shape index (κ1) is 95.9. The molecule has 0 saturated carbocycles. The Morgan fingerprint density at radius 3 is 1.09 bits per heavy atom. The molecule has 4 fully saturated rings. The second kappa shape index (κ2) is 46.0. The molecule has 0 aromatic carbocycles. The van der Waals surface area contributed by atoms with Gasteiger partial charge in [0.1, 0.15) is 122 Å². The van der Waals surface area contributed by atoms with Gasteiger partial charge in [0.2, 0.25) is 82.2 Å². The SMILES string of the molecule is CC(=O)N[C@H]1[C@H](O[C@H]2[C@H](OC(C)C(=O)C(=O)[C@H](CCCCN)NC(=O)CC[C@@H](NC(=O)[C@H](C)N)C(N)=O)[C@@H](NC(C)=O)C(O)O[C@@H]2CO)O[C@H](CO)[C@@H](O[C@@H]2O[C@H](CO)[C@@H](O[C@@H]3O[C@H](CO)[C@@H](O)[C@H](O)[C@H]3NC(C)=O)[C@H](OC(C)C(=O)C(=O)[C@H](CCCCN)NC(=O)CC[C@@H](NC(=O)[C@H](C)N)C(N)=O)[C@H]2NC(C)=O)[C@@H]1O. The zero-order valence-electron chi connectivity index (χ0n) is 62.9. The largest absolute Gasteiger partial charge is 0.394 e. The number of primary amides is 2. The average Bonchev–Trinajstić information content (AvgIpc) is 0.764. The van der Waals surface area contributed by atoms with E-state index in [-0.39, 0.29) is 51.6 Å². The lowest BCUT2D eigenvalue weighted by Gasteiger charge is -2.52. The van der Waals surface area contributed by atoms with Gasteiger partial charge in [-0.05, 0) is 92.2 Å². The van der Waals surface area contributed by atoms with Crippen LogP contribution in [0.3, 0.4) is 0 Å². The minimum absolute atomic E-state index is 0.0963. The van der Waals surface area contributed by atoms with Crippen LogP contribution < -0.4 is 76.9 Å². The molecule has 4 heterocycles. The van der Waals surface area contributed by atoms with Crippen molar-refractivity contribution < 1.29 is 151 Å². The number of Topliss-reactive ketones (excluding diaryl/α,β-unsaturated/α-hetero) is 4. The molecule has 0 spiro atoms. The van der Waals surface area contributed by atoms with E-state index in [1.807, 2.05) is 0 Å². The highest BCUT2D eigenvalue weighted by molar-refractivity contribution is 6.41. The maximum absolute atomic E-state index is 14.7. The fourth-order valence-corrected chi connectivity index (χ4v) is 12.6. The van der Waals surface area contributed by atoms with Crippen molar-refractivity contribution in [1.82, 2.24) is 42.5 Å². The summed E-state index contributed by atoms with van der Waals surface area (Å²) in [6.45, 7) is 4.44. The molecule has 45 heteroatoms. The number of nitrogens with two attached hydrogens (primary N) is 6. The van der Waals surface area contributed by atoms with E-state index < -0.39 is 299 Å². The molecular weight excluding hydrogens is 1480 g/mol. The molecule has 0 aromatic heterocycles. The summed E-state index contributed by atoms with van der Waals surface area (Å²) in [5.74, 6) is -14.3. The Balaban J connectivity index is 1.82. The van der Waals surface area contributed by atoms with Gasteiger partial charge in [-0.25, -0.2) is 0 Å². The molecule has 4 aliphatic heterocycles. The number of unbranched alkanes of at least 4 members (excludes halogenated alkanes) is 2. The number of aliphatic hydroxyl groups is 8. The first-order chi connectivity index (χ1) is 52.2. The van der Waals surface area contributed by atoms with E-state index in [0.717, 1.165) is 41.5 Å². The second-order valence-electron chi connectivity index (χ2n) is 27.4. The second-order valence-corrected chi connectivity index (χ2v) is 27.4. The Hall–Kier alpha value is -7.46. The van der Waals surface area contributed by atoms with E-state index in [0.29, 0.717) is 6.42 Å². The van der Waals surface area contributed by atoms with E-state index >= 15 is 0 Å². The number of carbonyl (C=O) groups excluding carboxylic acids is 14. The molecule has 4 aliphatic rings. The fourth-order valence-electron chi connectivity index (χ4n) is 12.6. The minimum Gasteiger partial charge on any atom is -0.394 e. The standard InChI is InChI=1S/C66H112N14O31/c1-25(69)61(100)79-35(59(71)98)15-17-41(89)77-33(13-9-11-19-67)49(93)47(91)27(3)103-57-45(75-31(7)87)63(102)105-39(23-83)55(57)110-65-44(74-30(6)86)53(97)54(38(22-82)107-65)109-66-46(76-32(8)88)58(56(40(24-84)108-66)111-64-43(73-29(5)85)52(96)51(95)37(21-81)106-64)104-28(4)48(92)50(94)34(14-10-12-20-68)78-42(90)18-16-36(60(72)99)80-62(101)26(2)70/h25-28,33-40,43-46,51-58,63-66,81-84,95-97,102H,9-24,67-70H2,1-8H3,(H2,71,98)(H2,72,99)(H,73,85)(H,74,86)(H,75,87)(H,76,88)(H,77,89)(H,78,90)(H,79,100)(H,80,101)/t25-,26-,27?,28?,33-,34-,35+,36+,37+,38+,39+,40+,43+,44+,45+,46+,51+,52+,53+,54+,55+,56+,57+,58+,63?,64-,65-,66-/m0/s1. The van der Waals surface area contributed by atoms with Crippen LogP contribution in [0, 0.1) is 0 Å². The van der Waals surface area contributed by atoms with E-state index in [2.05, 4.69) is 42.5 Å². The van der Waals surface area contributed by atoms with Crippen molar-refractivity contribution in [3.05, 3.63) is 0 Å². The van der Waals surface area contributed by atoms with Crippen molar-refractivity contribution >= 4 is 82.2 Å². The summed E-state index contributed by atoms with van der Waals surface area (Å²) in [4.78, 5) is 186. The Kier molecular flexibility index (Phi) is 39.8. The van der Waals surface area contributed by atoms with Gasteiger partial charge in [0.05, 0.1) is 50.6 Å². The van der Waals surface area contributed by atoms with Crippen molar-refractivity contribution in [3.8, 4) is 0 Å². The maximum Gasteiger partial charge on any atom is 0.240 e. The van der Waals surface area contributed by atoms with Crippen molar-refractivity contribution in [3.63, 3.8) is 0 Å². The van der Waals surface area contributed by atoms with Crippen LogP contribution >= 0.6 is 0 Å². The van der Waals surface area contributed by atoms with Crippen LogP contribution in [0.25, 0.3) is 0 Å². The lowest BCUT2D eigenvalue weighted by atomic mass is 9.92. The molecule has 4 saturated heterocycles. The number of amides is 10. The highest BCUT2D eigenvalue weighted by atomic mass is 16.8. The summed E-state index contributed by atoms with van der Waals surface area (Å²) in [6.07, 6.45) is -37.1. The Labute approximate surface area is 638 Å². The normalized spacial score (nSPS) is 30.2. The molecular formula is C66H112N14O31. The molecule has 632 valence electrons. The van der Waals surface area contributed by atoms with Gasteiger partial charge >= 0.3 is 0 Å². The monoisotopic (exact) mass is 1600 g/mol. The van der Waals surface area contributed by atoms with Gasteiger partial charge < -0.3 is 160 Å². The zero-order valence-corrected chi connectivity index (χ0v) is 62.9. The topological polar surface area (TPSA) is 736 Å². The van der Waals surface area contributed by atoms with Crippen LogP contribution in [0.4, 0.5) is 0 Å². The number of hydrogen-bond acceptors (Lipinski definition) is 35. The number of ether oxygens (including phenoxy) is 9. The molecule has 0 bridgehead atoms. The van der Waals surface area contributed by atoms with Gasteiger partial charge in [-0.3, -0.25) is 67.1 Å². The lowest BCUT2D eigenvalue weighted by molar-refractivity contribution is -0.365. The predicted octanol–water partition coefficient (Wildman–Crippen LogP) is -12.6. The summed E-state index contributed by atoms with van der Waals surface area (Å²) >= 11 is 0. The summed E-state index contributed by atoms with van der Waals surface area (Å²) in [7, 11) is 0.